The number of hydrogen-bond acceptors (Lipinski definition) is 2. The number of rotatable bonds is 4. The second-order valence-electron chi connectivity index (χ2n) is 6.31. The normalized spacial score (nSPS) is 11.6. The lowest BCUT2D eigenvalue weighted by Crippen LogP contribution is -2.37. The van der Waals surface area contributed by atoms with E-state index in [2.05, 4.69) is 75.5 Å². The van der Waals surface area contributed by atoms with E-state index in [9.17, 15) is 0 Å². The van der Waals surface area contributed by atoms with Crippen LogP contribution in [0.5, 0.6) is 0 Å². The van der Waals surface area contributed by atoms with Crippen molar-refractivity contribution in [1.29, 1.82) is 0 Å². The summed E-state index contributed by atoms with van der Waals surface area (Å²) in [5, 5.41) is 3.50. The van der Waals surface area contributed by atoms with Crippen LogP contribution in [0.2, 0.25) is 0 Å². The molecule has 0 aliphatic rings. The molecule has 1 N–H and O–H groups in total. The van der Waals surface area contributed by atoms with Crippen LogP contribution < -0.4 is 5.32 Å². The Labute approximate surface area is 122 Å². The summed E-state index contributed by atoms with van der Waals surface area (Å²) in [7, 11) is 0. The zero-order chi connectivity index (χ0) is 14.6. The van der Waals surface area contributed by atoms with Crippen molar-refractivity contribution < 1.29 is 0 Å². The van der Waals surface area contributed by atoms with Crippen molar-refractivity contribution in [2.75, 3.05) is 6.54 Å². The van der Waals surface area contributed by atoms with Gasteiger partial charge < -0.3 is 5.32 Å². The van der Waals surface area contributed by atoms with Gasteiger partial charge in [0.15, 0.2) is 0 Å². The molecule has 1 aromatic heterocycles. The van der Waals surface area contributed by atoms with Gasteiger partial charge in [0.05, 0.1) is 5.69 Å². The molecule has 0 aliphatic carbocycles. The quantitative estimate of drug-likeness (QED) is 0.907. The predicted molar refractivity (Wildman–Crippen MR) is 85.9 cm³/mol. The molecule has 106 valence electrons. The fourth-order valence-corrected chi connectivity index (χ4v) is 2.07. The summed E-state index contributed by atoms with van der Waals surface area (Å²) in [6.45, 7) is 9.61. The van der Waals surface area contributed by atoms with Gasteiger partial charge in [-0.05, 0) is 39.8 Å². The molecular formula is C18H24N2. The van der Waals surface area contributed by atoms with Gasteiger partial charge in [0.2, 0.25) is 0 Å². The minimum atomic E-state index is 0.161. The highest BCUT2D eigenvalue weighted by atomic mass is 14.9. The summed E-state index contributed by atoms with van der Waals surface area (Å²) < 4.78 is 0. The van der Waals surface area contributed by atoms with Crippen LogP contribution in [0.25, 0.3) is 11.3 Å². The third kappa shape index (κ3) is 4.46. The molecule has 2 rings (SSSR count). The Balaban J connectivity index is 2.06. The zero-order valence-electron chi connectivity index (χ0n) is 12.9. The molecule has 0 radical (unpaired) electrons. The average molecular weight is 268 g/mol. The molecule has 20 heavy (non-hydrogen) atoms. The number of nitrogens with one attached hydrogen (secondary N) is 1. The first-order chi connectivity index (χ1) is 9.44. The third-order valence-corrected chi connectivity index (χ3v) is 3.19. The highest BCUT2D eigenvalue weighted by molar-refractivity contribution is 5.59. The fraction of sp³-hybridized carbons (Fsp3) is 0.389. The van der Waals surface area contributed by atoms with Crippen molar-refractivity contribution in [1.82, 2.24) is 10.3 Å². The van der Waals surface area contributed by atoms with Crippen LogP contribution in [-0.2, 0) is 6.42 Å². The number of benzene rings is 1. The van der Waals surface area contributed by atoms with Gasteiger partial charge in [-0.25, -0.2) is 0 Å². The molecule has 0 aliphatic heterocycles. The van der Waals surface area contributed by atoms with Crippen LogP contribution in [0.1, 0.15) is 32.0 Å². The molecule has 0 saturated heterocycles. The Morgan fingerprint density at radius 1 is 1.00 bits per heavy atom. The smallest absolute Gasteiger partial charge is 0.0705 e. The molecule has 0 bridgehead atoms. The Morgan fingerprint density at radius 2 is 1.70 bits per heavy atom. The lowest BCUT2D eigenvalue weighted by molar-refractivity contribution is 0.428. The first-order valence-electron chi connectivity index (χ1n) is 7.22. The van der Waals surface area contributed by atoms with Gasteiger partial charge in [0.25, 0.3) is 0 Å². The second-order valence-corrected chi connectivity index (χ2v) is 6.31. The predicted octanol–water partition coefficient (Wildman–Crippen LogP) is 3.99. The van der Waals surface area contributed by atoms with E-state index >= 15 is 0 Å². The Bertz CT molecular complexity index is 550. The molecule has 0 spiro atoms. The lowest BCUT2D eigenvalue weighted by atomic mass is 10.1. The van der Waals surface area contributed by atoms with Gasteiger partial charge >= 0.3 is 0 Å². The monoisotopic (exact) mass is 268 g/mol. The Morgan fingerprint density at radius 3 is 2.35 bits per heavy atom. The molecular weight excluding hydrogens is 244 g/mol. The maximum absolute atomic E-state index is 4.75. The van der Waals surface area contributed by atoms with Gasteiger partial charge in [0, 0.05) is 29.8 Å². The average Bonchev–Trinajstić information content (AvgIpc) is 2.38. The van der Waals surface area contributed by atoms with Crippen LogP contribution in [0.15, 0.2) is 42.5 Å². The van der Waals surface area contributed by atoms with Crippen molar-refractivity contribution in [3.05, 3.63) is 53.7 Å². The maximum Gasteiger partial charge on any atom is 0.0705 e. The number of aryl methyl sites for hydroxylation is 1. The summed E-state index contributed by atoms with van der Waals surface area (Å²) in [6, 6.07) is 14.8. The molecule has 1 aromatic carbocycles. The molecule has 0 fully saturated rings. The number of nitrogens with zero attached hydrogens (tertiary/aromatic N) is 1. The Kier molecular flexibility index (Phi) is 4.56. The summed E-state index contributed by atoms with van der Waals surface area (Å²) in [6.07, 6.45) is 0.955. The standard InChI is InChI=1S/C18H24N2/c1-14-8-10-15(11-9-14)17-7-5-6-16(20-17)12-13-19-18(2,3)4/h5-11,19H,12-13H2,1-4H3. The van der Waals surface area contributed by atoms with E-state index in [-0.39, 0.29) is 5.54 Å². The lowest BCUT2D eigenvalue weighted by Gasteiger charge is -2.20. The van der Waals surface area contributed by atoms with Crippen LogP contribution in [0.4, 0.5) is 0 Å². The second kappa shape index (κ2) is 6.19. The third-order valence-electron chi connectivity index (χ3n) is 3.19. The molecule has 0 unspecified atom stereocenters. The molecule has 2 nitrogen and oxygen atoms in total. The molecule has 0 saturated carbocycles. The van der Waals surface area contributed by atoms with E-state index in [0.717, 1.165) is 24.4 Å². The van der Waals surface area contributed by atoms with E-state index < -0.39 is 0 Å². The minimum absolute atomic E-state index is 0.161. The largest absolute Gasteiger partial charge is 0.312 e. The molecule has 1 heterocycles. The van der Waals surface area contributed by atoms with Crippen molar-refractivity contribution in [3.63, 3.8) is 0 Å². The maximum atomic E-state index is 4.75. The SMILES string of the molecule is Cc1ccc(-c2cccc(CCNC(C)(C)C)n2)cc1. The van der Waals surface area contributed by atoms with Crippen LogP contribution in [0, 0.1) is 6.92 Å². The van der Waals surface area contributed by atoms with E-state index in [1.54, 1.807) is 0 Å². The van der Waals surface area contributed by atoms with Crippen molar-refractivity contribution in [2.24, 2.45) is 0 Å². The highest BCUT2D eigenvalue weighted by Crippen LogP contribution is 2.17. The van der Waals surface area contributed by atoms with Gasteiger partial charge in [-0.1, -0.05) is 35.9 Å². The van der Waals surface area contributed by atoms with E-state index in [1.165, 1.54) is 11.1 Å². The fourth-order valence-electron chi connectivity index (χ4n) is 2.07. The number of pyridine rings is 1. The zero-order valence-corrected chi connectivity index (χ0v) is 12.9. The molecule has 2 aromatic rings. The van der Waals surface area contributed by atoms with Gasteiger partial charge in [-0.15, -0.1) is 0 Å². The van der Waals surface area contributed by atoms with Crippen molar-refractivity contribution >= 4 is 0 Å². The number of aromatic nitrogens is 1. The number of hydrogen-bond donors (Lipinski definition) is 1. The minimum Gasteiger partial charge on any atom is -0.312 e. The summed E-state index contributed by atoms with van der Waals surface area (Å²) >= 11 is 0. The molecule has 2 heteroatoms. The van der Waals surface area contributed by atoms with Crippen molar-refractivity contribution in [2.45, 2.75) is 39.7 Å². The topological polar surface area (TPSA) is 24.9 Å². The van der Waals surface area contributed by atoms with E-state index in [4.69, 9.17) is 4.98 Å². The van der Waals surface area contributed by atoms with Crippen LogP contribution >= 0.6 is 0 Å². The molecule has 0 amide bonds. The molecule has 0 atom stereocenters. The summed E-state index contributed by atoms with van der Waals surface area (Å²) in [5.41, 5.74) is 4.81. The summed E-state index contributed by atoms with van der Waals surface area (Å²) in [5.74, 6) is 0. The summed E-state index contributed by atoms with van der Waals surface area (Å²) in [4.78, 5) is 4.75. The highest BCUT2D eigenvalue weighted by Gasteiger charge is 2.08. The van der Waals surface area contributed by atoms with E-state index in [1.807, 2.05) is 0 Å². The van der Waals surface area contributed by atoms with Gasteiger partial charge in [-0.3, -0.25) is 4.98 Å². The van der Waals surface area contributed by atoms with E-state index in [0.29, 0.717) is 0 Å². The van der Waals surface area contributed by atoms with Crippen LogP contribution in [-0.4, -0.2) is 17.1 Å². The van der Waals surface area contributed by atoms with Crippen molar-refractivity contribution in [3.8, 4) is 11.3 Å². The first kappa shape index (κ1) is 14.7. The van der Waals surface area contributed by atoms with Gasteiger partial charge in [0.1, 0.15) is 0 Å². The Hall–Kier alpha value is -1.67. The first-order valence-corrected chi connectivity index (χ1v) is 7.22. The van der Waals surface area contributed by atoms with Gasteiger partial charge in [-0.2, -0.15) is 0 Å². The van der Waals surface area contributed by atoms with Crippen LogP contribution in [0.3, 0.4) is 0 Å².